The molecule has 4 heterocycles. The first-order chi connectivity index (χ1) is 22.7. The summed E-state index contributed by atoms with van der Waals surface area (Å²) in [6.45, 7) is 3.14. The number of alkyl carbamates (subject to hydrolysis) is 1. The number of hydrogen-bond donors (Lipinski definition) is 2. The number of likely N-dealkylation sites (tertiary alicyclic amines) is 1. The number of aromatic nitrogens is 4. The maximum atomic E-state index is 14.9. The third-order valence-electron chi connectivity index (χ3n) is 8.84. The Bertz CT molecular complexity index is 1860. The van der Waals surface area contributed by atoms with Crippen LogP contribution in [0.4, 0.5) is 18.0 Å². The highest BCUT2D eigenvalue weighted by Crippen LogP contribution is 2.38. The van der Waals surface area contributed by atoms with E-state index in [-0.39, 0.29) is 30.8 Å². The number of ether oxygens (including phenoxy) is 2. The van der Waals surface area contributed by atoms with Crippen molar-refractivity contribution in [1.29, 1.82) is 0 Å². The molecule has 2 N–H and O–H groups in total. The second-order valence-electron chi connectivity index (χ2n) is 13.9. The Balaban J connectivity index is 1.36. The molecule has 2 amide bonds. The van der Waals surface area contributed by atoms with E-state index in [2.05, 4.69) is 10.3 Å². The Morgan fingerprint density at radius 3 is 2.46 bits per heavy atom. The molecule has 4 aromatic rings. The van der Waals surface area contributed by atoms with Crippen LogP contribution < -0.4 is 10.1 Å². The van der Waals surface area contributed by atoms with Crippen LogP contribution in [-0.4, -0.2) is 92.5 Å². The number of rotatable bonds is 9. The minimum absolute atomic E-state index is 0.0566. The molecule has 14 heteroatoms. The lowest BCUT2D eigenvalue weighted by Crippen LogP contribution is -2.54. The summed E-state index contributed by atoms with van der Waals surface area (Å²) in [5.74, 6) is 0.892. The normalized spacial score (nSPS) is 18.8. The van der Waals surface area contributed by atoms with Crippen molar-refractivity contribution < 1.29 is 37.3 Å². The summed E-state index contributed by atoms with van der Waals surface area (Å²) in [4.78, 5) is 37.0. The fourth-order valence-electron chi connectivity index (χ4n) is 6.27. The van der Waals surface area contributed by atoms with Crippen molar-refractivity contribution in [2.75, 3.05) is 33.5 Å². The molecule has 1 aliphatic heterocycles. The Hall–Kier alpha value is -4.33. The van der Waals surface area contributed by atoms with E-state index in [1.54, 1.807) is 39.0 Å². The number of halogens is 3. The molecule has 3 aromatic heterocycles. The van der Waals surface area contributed by atoms with Gasteiger partial charge in [-0.2, -0.15) is 0 Å². The number of carbonyl (C=O) groups is 2. The fourth-order valence-corrected chi connectivity index (χ4v) is 6.27. The molecule has 1 saturated heterocycles. The van der Waals surface area contributed by atoms with Crippen LogP contribution in [0.25, 0.3) is 33.6 Å². The molecule has 1 saturated carbocycles. The maximum Gasteiger partial charge on any atom is 0.407 e. The van der Waals surface area contributed by atoms with E-state index in [4.69, 9.17) is 14.5 Å². The van der Waals surface area contributed by atoms with Crippen LogP contribution in [0.2, 0.25) is 0 Å². The molecule has 0 unspecified atom stereocenters. The SMILES string of the molecule is COc1cc(C(=O)N2C[C@H](F)C[C@@H](NC(=O)OC(C)(C)C)C2)cc2nc(-c3cc4ccc(C(O)(CF)CF)nc4n3CC3CC3)n(C)c12. The van der Waals surface area contributed by atoms with E-state index in [1.807, 2.05) is 22.2 Å². The molecule has 0 spiro atoms. The van der Waals surface area contributed by atoms with Gasteiger partial charge in [0, 0.05) is 37.5 Å². The Morgan fingerprint density at radius 2 is 1.81 bits per heavy atom. The minimum atomic E-state index is -2.33. The van der Waals surface area contributed by atoms with E-state index in [0.29, 0.717) is 51.8 Å². The summed E-state index contributed by atoms with van der Waals surface area (Å²) >= 11 is 0. The van der Waals surface area contributed by atoms with Crippen molar-refractivity contribution in [2.24, 2.45) is 13.0 Å². The van der Waals surface area contributed by atoms with Crippen molar-refractivity contribution in [3.05, 3.63) is 41.6 Å². The predicted octanol–water partition coefficient (Wildman–Crippen LogP) is 5.21. The largest absolute Gasteiger partial charge is 0.494 e. The number of piperidine rings is 1. The summed E-state index contributed by atoms with van der Waals surface area (Å²) in [5.41, 5.74) is -0.635. The number of imidazole rings is 1. The minimum Gasteiger partial charge on any atom is -0.494 e. The molecule has 1 aromatic carbocycles. The van der Waals surface area contributed by atoms with Crippen LogP contribution in [0.15, 0.2) is 30.3 Å². The number of fused-ring (bicyclic) bond motifs is 2. The number of nitrogens with one attached hydrogen (secondary N) is 1. The number of alkyl halides is 3. The first-order valence-corrected chi connectivity index (χ1v) is 16.1. The Kier molecular flexibility index (Phi) is 8.81. The zero-order valence-corrected chi connectivity index (χ0v) is 27.7. The van der Waals surface area contributed by atoms with Gasteiger partial charge in [-0.05, 0) is 69.9 Å². The van der Waals surface area contributed by atoms with Gasteiger partial charge in [-0.3, -0.25) is 4.79 Å². The van der Waals surface area contributed by atoms with Crippen molar-refractivity contribution in [2.45, 2.75) is 70.0 Å². The van der Waals surface area contributed by atoms with Crippen LogP contribution in [0.5, 0.6) is 5.75 Å². The number of hydrogen-bond acceptors (Lipinski definition) is 7. The summed E-state index contributed by atoms with van der Waals surface area (Å²) in [7, 11) is 3.31. The third-order valence-corrected chi connectivity index (χ3v) is 8.84. The maximum absolute atomic E-state index is 14.9. The molecule has 2 atom stereocenters. The molecule has 11 nitrogen and oxygen atoms in total. The molecule has 6 rings (SSSR count). The molecular formula is C34H41F3N6O5. The van der Waals surface area contributed by atoms with Crippen LogP contribution >= 0.6 is 0 Å². The van der Waals surface area contributed by atoms with Gasteiger partial charge in [0.1, 0.15) is 42.0 Å². The standard InChI is InChI=1S/C34H41F3N6O5/c1-33(2,3)48-32(45)38-23-13-22(37)15-42(16-23)31(44)21-10-24-28(26(12-21)47-5)41(4)30(39-24)25-11-20-8-9-27(34(46,17-35)18-36)40-29(20)43(25)14-19-6-7-19/h8-12,19,22-23,46H,6-7,13-18H2,1-5H3,(H,38,45)/t22-,23-/m1/s1. The molecule has 0 radical (unpaired) electrons. The van der Waals surface area contributed by atoms with Crippen LogP contribution in [0.3, 0.4) is 0 Å². The lowest BCUT2D eigenvalue weighted by molar-refractivity contribution is -0.0146. The lowest BCUT2D eigenvalue weighted by Gasteiger charge is -2.35. The highest BCUT2D eigenvalue weighted by Gasteiger charge is 2.35. The molecule has 48 heavy (non-hydrogen) atoms. The third kappa shape index (κ3) is 6.54. The van der Waals surface area contributed by atoms with Gasteiger partial charge in [-0.1, -0.05) is 0 Å². The number of nitrogens with zero attached hydrogens (tertiary/aromatic N) is 5. The van der Waals surface area contributed by atoms with E-state index in [9.17, 15) is 27.9 Å². The smallest absolute Gasteiger partial charge is 0.407 e. The van der Waals surface area contributed by atoms with Gasteiger partial charge in [-0.25, -0.2) is 27.9 Å². The Morgan fingerprint density at radius 1 is 1.08 bits per heavy atom. The zero-order valence-electron chi connectivity index (χ0n) is 27.7. The molecule has 2 fully saturated rings. The summed E-state index contributed by atoms with van der Waals surface area (Å²) in [6.07, 6.45) is 0.0988. The number of benzene rings is 1. The Labute approximate surface area is 276 Å². The van der Waals surface area contributed by atoms with E-state index in [0.717, 1.165) is 12.8 Å². The summed E-state index contributed by atoms with van der Waals surface area (Å²) < 4.78 is 57.1. The number of pyridine rings is 1. The lowest BCUT2D eigenvalue weighted by atomic mass is 10.0. The molecular weight excluding hydrogens is 629 g/mol. The first-order valence-electron chi connectivity index (χ1n) is 16.1. The summed E-state index contributed by atoms with van der Waals surface area (Å²) in [6, 6.07) is 7.60. The van der Waals surface area contributed by atoms with Gasteiger partial charge in [-0.15, -0.1) is 0 Å². The van der Waals surface area contributed by atoms with Crippen molar-refractivity contribution >= 4 is 34.1 Å². The van der Waals surface area contributed by atoms with Crippen molar-refractivity contribution in [3.8, 4) is 17.3 Å². The van der Waals surface area contributed by atoms with Crippen LogP contribution in [0, 0.1) is 5.92 Å². The van der Waals surface area contributed by atoms with Crippen molar-refractivity contribution in [1.82, 2.24) is 29.3 Å². The van der Waals surface area contributed by atoms with E-state index >= 15 is 0 Å². The first kappa shape index (κ1) is 33.6. The highest BCUT2D eigenvalue weighted by molar-refractivity contribution is 6.00. The number of methoxy groups -OCH3 is 1. The quantitative estimate of drug-likeness (QED) is 0.251. The highest BCUT2D eigenvalue weighted by atomic mass is 19.1. The average molecular weight is 671 g/mol. The van der Waals surface area contributed by atoms with Gasteiger partial charge in [0.05, 0.1) is 36.6 Å². The monoisotopic (exact) mass is 670 g/mol. The van der Waals surface area contributed by atoms with Gasteiger partial charge in [0.15, 0.2) is 11.4 Å². The fraction of sp³-hybridized carbons (Fsp3) is 0.529. The zero-order chi connectivity index (χ0) is 34.5. The molecule has 0 bridgehead atoms. The predicted molar refractivity (Wildman–Crippen MR) is 173 cm³/mol. The second-order valence-corrected chi connectivity index (χ2v) is 13.9. The average Bonchev–Trinajstić information content (AvgIpc) is 3.71. The molecule has 1 aliphatic carbocycles. The molecule has 2 aliphatic rings. The number of aryl methyl sites for hydroxylation is 1. The number of amides is 2. The van der Waals surface area contributed by atoms with E-state index < -0.39 is 48.8 Å². The topological polar surface area (TPSA) is 124 Å². The van der Waals surface area contributed by atoms with Gasteiger partial charge >= 0.3 is 6.09 Å². The second kappa shape index (κ2) is 12.6. The summed E-state index contributed by atoms with van der Waals surface area (Å²) in [5, 5.41) is 13.9. The molecule has 258 valence electrons. The van der Waals surface area contributed by atoms with E-state index in [1.165, 1.54) is 18.1 Å². The van der Waals surface area contributed by atoms with Gasteiger partial charge in [0.25, 0.3) is 5.91 Å². The van der Waals surface area contributed by atoms with Gasteiger partial charge in [0.2, 0.25) is 0 Å². The number of carbonyl (C=O) groups excluding carboxylic acids is 2. The van der Waals surface area contributed by atoms with Crippen molar-refractivity contribution in [3.63, 3.8) is 0 Å². The number of aliphatic hydroxyl groups is 1. The van der Waals surface area contributed by atoms with Crippen LogP contribution in [-0.2, 0) is 23.9 Å². The van der Waals surface area contributed by atoms with Crippen LogP contribution in [0.1, 0.15) is 56.1 Å². The van der Waals surface area contributed by atoms with Gasteiger partial charge < -0.3 is 33.9 Å².